The van der Waals surface area contributed by atoms with E-state index in [4.69, 9.17) is 0 Å². The lowest BCUT2D eigenvalue weighted by Crippen LogP contribution is -2.41. The van der Waals surface area contributed by atoms with E-state index >= 15 is 0 Å². The Labute approximate surface area is 164 Å². The van der Waals surface area contributed by atoms with E-state index in [0.29, 0.717) is 6.04 Å². The fourth-order valence-electron chi connectivity index (χ4n) is 3.63. The van der Waals surface area contributed by atoms with Crippen LogP contribution in [0.5, 0.6) is 0 Å². The zero-order valence-corrected chi connectivity index (χ0v) is 17.4. The Hall–Kier alpha value is -1.47. The first-order chi connectivity index (χ1) is 12.9. The van der Waals surface area contributed by atoms with Crippen LogP contribution in [-0.4, -0.2) is 104 Å². The number of hydrogen-bond donors (Lipinski definition) is 1. The molecular weight excluding hydrogens is 340 g/mol. The Kier molecular flexibility index (Phi) is 8.70. The normalized spacial score (nSPS) is 19.4. The van der Waals surface area contributed by atoms with E-state index in [1.54, 1.807) is 0 Å². The van der Waals surface area contributed by atoms with Gasteiger partial charge in [0.15, 0.2) is 0 Å². The summed E-state index contributed by atoms with van der Waals surface area (Å²) in [5, 5.41) is 9.20. The van der Waals surface area contributed by atoms with Gasteiger partial charge in [0.2, 0.25) is 0 Å². The summed E-state index contributed by atoms with van der Waals surface area (Å²) in [5.41, 5.74) is 2.61. The zero-order chi connectivity index (χ0) is 19.8. The van der Waals surface area contributed by atoms with Crippen LogP contribution in [0.2, 0.25) is 0 Å². The maximum absolute atomic E-state index is 11.2. The third-order valence-electron chi connectivity index (χ3n) is 5.52. The first kappa shape index (κ1) is 21.8. The Morgan fingerprint density at radius 2 is 1.52 bits per heavy atom. The Bertz CT molecular complexity index is 576. The molecule has 1 aromatic rings. The second-order valence-electron chi connectivity index (χ2n) is 7.79. The number of benzene rings is 1. The van der Waals surface area contributed by atoms with Crippen LogP contribution >= 0.6 is 0 Å². The molecule has 1 aliphatic heterocycles. The van der Waals surface area contributed by atoms with Gasteiger partial charge in [-0.3, -0.25) is 14.6 Å². The monoisotopic (exact) mass is 376 g/mol. The Morgan fingerprint density at radius 3 is 2.00 bits per heavy atom. The molecule has 27 heavy (non-hydrogen) atoms. The van der Waals surface area contributed by atoms with Crippen molar-refractivity contribution in [3.8, 4) is 0 Å². The molecule has 1 aromatic carbocycles. The molecule has 0 aromatic heterocycles. The maximum Gasteiger partial charge on any atom is 0.317 e. The molecule has 1 N–H and O–H groups in total. The predicted molar refractivity (Wildman–Crippen MR) is 110 cm³/mol. The summed E-state index contributed by atoms with van der Waals surface area (Å²) in [4.78, 5) is 20.5. The fraction of sp³-hybridized carbons (Fsp3) is 0.667. The highest BCUT2D eigenvalue weighted by Crippen LogP contribution is 2.20. The molecule has 1 fully saturated rings. The van der Waals surface area contributed by atoms with Gasteiger partial charge in [0.25, 0.3) is 0 Å². The molecule has 6 nitrogen and oxygen atoms in total. The van der Waals surface area contributed by atoms with E-state index in [0.717, 1.165) is 52.4 Å². The van der Waals surface area contributed by atoms with Crippen LogP contribution in [0.1, 0.15) is 24.1 Å². The van der Waals surface area contributed by atoms with Gasteiger partial charge in [0.05, 0.1) is 6.54 Å². The van der Waals surface area contributed by atoms with Crippen molar-refractivity contribution < 1.29 is 9.90 Å². The number of aryl methyl sites for hydroxylation is 1. The van der Waals surface area contributed by atoms with Gasteiger partial charge >= 0.3 is 5.97 Å². The average Bonchev–Trinajstić information content (AvgIpc) is 2.71. The minimum Gasteiger partial charge on any atom is -0.480 e. The van der Waals surface area contributed by atoms with Gasteiger partial charge in [0.1, 0.15) is 0 Å². The first-order valence-electron chi connectivity index (χ1n) is 10.0. The van der Waals surface area contributed by atoms with Gasteiger partial charge in [-0.25, -0.2) is 0 Å². The molecule has 0 spiro atoms. The van der Waals surface area contributed by atoms with Crippen molar-refractivity contribution in [2.75, 3.05) is 73.0 Å². The maximum atomic E-state index is 11.2. The van der Waals surface area contributed by atoms with E-state index in [1.807, 2.05) is 0 Å². The number of likely N-dealkylation sites (N-methyl/N-ethyl adjacent to an activating group) is 2. The van der Waals surface area contributed by atoms with Crippen LogP contribution in [0.3, 0.4) is 0 Å². The van der Waals surface area contributed by atoms with Crippen molar-refractivity contribution in [1.29, 1.82) is 0 Å². The van der Waals surface area contributed by atoms with E-state index in [2.05, 4.69) is 71.8 Å². The third kappa shape index (κ3) is 7.22. The molecule has 0 amide bonds. The van der Waals surface area contributed by atoms with Crippen LogP contribution < -0.4 is 0 Å². The fourth-order valence-corrected chi connectivity index (χ4v) is 3.63. The number of aliphatic carboxylic acids is 1. The molecule has 0 bridgehead atoms. The van der Waals surface area contributed by atoms with E-state index in [1.165, 1.54) is 11.1 Å². The van der Waals surface area contributed by atoms with Gasteiger partial charge in [-0.1, -0.05) is 36.8 Å². The molecule has 6 heteroatoms. The molecule has 0 aliphatic carbocycles. The van der Waals surface area contributed by atoms with Crippen molar-refractivity contribution in [2.24, 2.45) is 0 Å². The molecule has 2 rings (SSSR count). The first-order valence-corrected chi connectivity index (χ1v) is 10.0. The summed E-state index contributed by atoms with van der Waals surface area (Å²) in [7, 11) is 4.27. The largest absolute Gasteiger partial charge is 0.480 e. The smallest absolute Gasteiger partial charge is 0.317 e. The number of carbonyl (C=O) groups is 1. The Balaban J connectivity index is 2.09. The third-order valence-corrected chi connectivity index (χ3v) is 5.52. The van der Waals surface area contributed by atoms with Gasteiger partial charge < -0.3 is 14.9 Å². The van der Waals surface area contributed by atoms with Crippen molar-refractivity contribution in [3.05, 3.63) is 35.4 Å². The highest BCUT2D eigenvalue weighted by atomic mass is 16.4. The highest BCUT2D eigenvalue weighted by Gasteiger charge is 2.21. The molecular formula is C21H36N4O2. The Morgan fingerprint density at radius 1 is 1.00 bits per heavy atom. The van der Waals surface area contributed by atoms with E-state index in [-0.39, 0.29) is 6.54 Å². The number of carboxylic acids is 1. The van der Waals surface area contributed by atoms with Gasteiger partial charge in [0, 0.05) is 51.9 Å². The van der Waals surface area contributed by atoms with E-state index in [9.17, 15) is 9.90 Å². The van der Waals surface area contributed by atoms with Crippen molar-refractivity contribution in [3.63, 3.8) is 0 Å². The lowest BCUT2D eigenvalue weighted by molar-refractivity contribution is -0.138. The van der Waals surface area contributed by atoms with Crippen molar-refractivity contribution in [1.82, 2.24) is 19.6 Å². The van der Waals surface area contributed by atoms with Gasteiger partial charge in [-0.05, 0) is 33.1 Å². The highest BCUT2D eigenvalue weighted by molar-refractivity contribution is 5.69. The van der Waals surface area contributed by atoms with Gasteiger partial charge in [-0.15, -0.1) is 0 Å². The molecule has 0 radical (unpaired) electrons. The second-order valence-corrected chi connectivity index (χ2v) is 7.79. The number of carboxylic acid groups (broad SMARTS) is 1. The minimum atomic E-state index is -0.741. The molecule has 152 valence electrons. The molecule has 1 unspecified atom stereocenters. The SMILES string of the molecule is CCN1CCN(CC(=O)O)CCN(CC(c2ccc(C)cc2)N(C)C)CC1. The summed E-state index contributed by atoms with van der Waals surface area (Å²) < 4.78 is 0. The van der Waals surface area contributed by atoms with Crippen LogP contribution in [0, 0.1) is 6.92 Å². The second kappa shape index (κ2) is 10.8. The van der Waals surface area contributed by atoms with Crippen LogP contribution in [-0.2, 0) is 4.79 Å². The molecule has 1 aliphatic rings. The molecule has 1 atom stereocenters. The summed E-state index contributed by atoms with van der Waals surface area (Å²) in [6.07, 6.45) is 0. The summed E-state index contributed by atoms with van der Waals surface area (Å²) >= 11 is 0. The van der Waals surface area contributed by atoms with Crippen molar-refractivity contribution >= 4 is 5.97 Å². The number of rotatable bonds is 7. The topological polar surface area (TPSA) is 50.3 Å². The quantitative estimate of drug-likeness (QED) is 0.781. The van der Waals surface area contributed by atoms with Gasteiger partial charge in [-0.2, -0.15) is 0 Å². The molecule has 0 saturated carbocycles. The lowest BCUT2D eigenvalue weighted by Gasteiger charge is -2.33. The standard InChI is InChI=1S/C21H36N4O2/c1-5-23-10-12-24(14-15-25(13-11-23)17-21(26)27)16-20(22(3)4)19-8-6-18(2)7-9-19/h6-9,20H,5,10-17H2,1-4H3,(H,26,27). The predicted octanol–water partition coefficient (Wildman–Crippen LogP) is 1.62. The number of nitrogens with zero attached hydrogens (tertiary/aromatic N) is 4. The van der Waals surface area contributed by atoms with Crippen LogP contribution in [0.4, 0.5) is 0 Å². The van der Waals surface area contributed by atoms with Crippen LogP contribution in [0.25, 0.3) is 0 Å². The summed E-state index contributed by atoms with van der Waals surface area (Å²) in [6.45, 7) is 11.9. The molecule has 1 heterocycles. The summed E-state index contributed by atoms with van der Waals surface area (Å²) in [6, 6.07) is 9.14. The summed E-state index contributed by atoms with van der Waals surface area (Å²) in [5.74, 6) is -0.741. The average molecular weight is 377 g/mol. The van der Waals surface area contributed by atoms with Crippen molar-refractivity contribution in [2.45, 2.75) is 19.9 Å². The zero-order valence-electron chi connectivity index (χ0n) is 17.4. The van der Waals surface area contributed by atoms with Crippen LogP contribution in [0.15, 0.2) is 24.3 Å². The molecule has 1 saturated heterocycles. The number of hydrogen-bond acceptors (Lipinski definition) is 5. The minimum absolute atomic E-state index is 0.125. The lowest BCUT2D eigenvalue weighted by atomic mass is 10.0. The van der Waals surface area contributed by atoms with E-state index < -0.39 is 5.97 Å².